The number of hydrogen-bond donors (Lipinski definition) is 4. The fraction of sp³-hybridized carbons (Fsp3) is 0.609. The standard InChI is InChI=1S/C23H30F2O5/c24-19-8-5-6-15(23(19)25)10-11-16(26)12-13-18-17(20(27)14-21(18)28)7-3-1-2-4-9-22(29)30/h5-6,8,16-18,20-21,26-28H,1-4,7,9,12-14H2,(H,29,30). The highest BCUT2D eigenvalue weighted by atomic mass is 19.2. The highest BCUT2D eigenvalue weighted by Crippen LogP contribution is 2.39. The fourth-order valence-corrected chi connectivity index (χ4v) is 4.17. The maximum Gasteiger partial charge on any atom is 0.303 e. The molecule has 1 aromatic carbocycles. The van der Waals surface area contributed by atoms with Gasteiger partial charge < -0.3 is 20.4 Å². The number of aliphatic carboxylic acids is 1. The van der Waals surface area contributed by atoms with Gasteiger partial charge in [0.1, 0.15) is 6.10 Å². The molecule has 5 unspecified atom stereocenters. The largest absolute Gasteiger partial charge is 0.481 e. The number of carboxylic acid groups (broad SMARTS) is 1. The summed E-state index contributed by atoms with van der Waals surface area (Å²) >= 11 is 0. The molecule has 0 radical (unpaired) electrons. The van der Waals surface area contributed by atoms with Crippen molar-refractivity contribution in [2.75, 3.05) is 0 Å². The Bertz CT molecular complexity index is 758. The summed E-state index contributed by atoms with van der Waals surface area (Å²) in [6, 6.07) is 3.68. The number of carboxylic acids is 1. The van der Waals surface area contributed by atoms with E-state index in [0.29, 0.717) is 19.3 Å². The zero-order chi connectivity index (χ0) is 22.1. The summed E-state index contributed by atoms with van der Waals surface area (Å²) in [4.78, 5) is 10.5. The zero-order valence-electron chi connectivity index (χ0n) is 16.9. The normalized spacial score (nSPS) is 24.3. The van der Waals surface area contributed by atoms with E-state index in [1.807, 2.05) is 0 Å². The minimum atomic E-state index is -1.05. The van der Waals surface area contributed by atoms with Crippen LogP contribution < -0.4 is 0 Å². The number of unbranched alkanes of at least 4 members (excludes halogenated alkanes) is 3. The summed E-state index contributed by atoms with van der Waals surface area (Å²) in [5.41, 5.74) is -0.119. The smallest absolute Gasteiger partial charge is 0.303 e. The number of halogens is 2. The molecule has 1 aromatic rings. The molecule has 5 nitrogen and oxygen atoms in total. The first-order valence-corrected chi connectivity index (χ1v) is 10.5. The molecule has 5 atom stereocenters. The number of aliphatic hydroxyl groups is 3. The zero-order valence-corrected chi connectivity index (χ0v) is 16.9. The van der Waals surface area contributed by atoms with Gasteiger partial charge in [0.2, 0.25) is 0 Å². The van der Waals surface area contributed by atoms with Crippen LogP contribution in [0.2, 0.25) is 0 Å². The van der Waals surface area contributed by atoms with Crippen molar-refractivity contribution in [3.05, 3.63) is 35.4 Å². The second kappa shape index (κ2) is 12.0. The summed E-state index contributed by atoms with van der Waals surface area (Å²) in [5, 5.41) is 39.3. The molecule has 1 saturated carbocycles. The molecule has 0 aliphatic heterocycles. The van der Waals surface area contributed by atoms with Crippen LogP contribution in [0.5, 0.6) is 0 Å². The molecule has 0 aromatic heterocycles. The Labute approximate surface area is 175 Å². The third kappa shape index (κ3) is 7.35. The lowest BCUT2D eigenvalue weighted by Gasteiger charge is -2.24. The lowest BCUT2D eigenvalue weighted by atomic mass is 9.85. The predicted molar refractivity (Wildman–Crippen MR) is 107 cm³/mol. The van der Waals surface area contributed by atoms with Gasteiger partial charge in [-0.15, -0.1) is 0 Å². The molecule has 166 valence electrons. The SMILES string of the molecule is O=C(O)CCCCCCC1C(O)CC(O)C1CCC(O)C#Cc1cccc(F)c1F. The van der Waals surface area contributed by atoms with Crippen LogP contribution in [0.1, 0.15) is 63.4 Å². The van der Waals surface area contributed by atoms with E-state index in [0.717, 1.165) is 31.7 Å². The van der Waals surface area contributed by atoms with Crippen LogP contribution in [0.25, 0.3) is 0 Å². The molecule has 0 saturated heterocycles. The van der Waals surface area contributed by atoms with Crippen molar-refractivity contribution in [1.29, 1.82) is 0 Å². The molecule has 0 heterocycles. The van der Waals surface area contributed by atoms with Gasteiger partial charge in [0.05, 0.1) is 17.8 Å². The molecule has 30 heavy (non-hydrogen) atoms. The van der Waals surface area contributed by atoms with Crippen LogP contribution in [0.4, 0.5) is 8.78 Å². The van der Waals surface area contributed by atoms with Gasteiger partial charge in [0.15, 0.2) is 11.6 Å². The molecule has 1 aliphatic rings. The van der Waals surface area contributed by atoms with Crippen LogP contribution in [-0.4, -0.2) is 44.7 Å². The molecule has 1 fully saturated rings. The van der Waals surface area contributed by atoms with Crippen LogP contribution in [0.15, 0.2) is 18.2 Å². The predicted octanol–water partition coefficient (Wildman–Crippen LogP) is 3.24. The minimum absolute atomic E-state index is 0.0831. The highest BCUT2D eigenvalue weighted by Gasteiger charge is 2.40. The van der Waals surface area contributed by atoms with E-state index in [-0.39, 0.29) is 30.2 Å². The second-order valence-corrected chi connectivity index (χ2v) is 8.01. The van der Waals surface area contributed by atoms with Crippen LogP contribution in [-0.2, 0) is 4.79 Å². The van der Waals surface area contributed by atoms with Gasteiger partial charge in [0, 0.05) is 6.42 Å². The van der Waals surface area contributed by atoms with E-state index in [2.05, 4.69) is 11.8 Å². The third-order valence-corrected chi connectivity index (χ3v) is 5.80. The van der Waals surface area contributed by atoms with E-state index in [1.54, 1.807) is 0 Å². The molecule has 2 rings (SSSR count). The van der Waals surface area contributed by atoms with Crippen molar-refractivity contribution in [2.24, 2.45) is 11.8 Å². The second-order valence-electron chi connectivity index (χ2n) is 8.01. The average molecular weight is 424 g/mol. The highest BCUT2D eigenvalue weighted by molar-refractivity contribution is 5.66. The maximum atomic E-state index is 13.6. The van der Waals surface area contributed by atoms with Gasteiger partial charge in [-0.3, -0.25) is 4.79 Å². The van der Waals surface area contributed by atoms with E-state index < -0.39 is 35.9 Å². The van der Waals surface area contributed by atoms with Crippen LogP contribution in [0, 0.1) is 35.3 Å². The number of rotatable bonds is 10. The lowest BCUT2D eigenvalue weighted by molar-refractivity contribution is -0.137. The van der Waals surface area contributed by atoms with Crippen molar-refractivity contribution >= 4 is 5.97 Å². The Balaban J connectivity index is 1.82. The molecular weight excluding hydrogens is 394 g/mol. The number of benzene rings is 1. The van der Waals surface area contributed by atoms with E-state index in [9.17, 15) is 28.9 Å². The van der Waals surface area contributed by atoms with Crippen LogP contribution >= 0.6 is 0 Å². The summed E-state index contributed by atoms with van der Waals surface area (Å²) in [5.74, 6) is 1.88. The summed E-state index contributed by atoms with van der Waals surface area (Å²) < 4.78 is 26.8. The Hall–Kier alpha value is -2.01. The van der Waals surface area contributed by atoms with Crippen molar-refractivity contribution < 1.29 is 34.0 Å². The first kappa shape index (κ1) is 24.3. The fourth-order valence-electron chi connectivity index (χ4n) is 4.17. The summed E-state index contributed by atoms with van der Waals surface area (Å²) in [6.45, 7) is 0. The van der Waals surface area contributed by atoms with E-state index in [4.69, 9.17) is 5.11 Å². The van der Waals surface area contributed by atoms with Gasteiger partial charge in [-0.25, -0.2) is 8.78 Å². The number of hydrogen-bond acceptors (Lipinski definition) is 4. The maximum absolute atomic E-state index is 13.6. The molecule has 1 aliphatic carbocycles. The van der Waals surface area contributed by atoms with E-state index >= 15 is 0 Å². The monoisotopic (exact) mass is 424 g/mol. The quantitative estimate of drug-likeness (QED) is 0.342. The minimum Gasteiger partial charge on any atom is -0.481 e. The third-order valence-electron chi connectivity index (χ3n) is 5.80. The van der Waals surface area contributed by atoms with E-state index in [1.165, 1.54) is 12.1 Å². The molecular formula is C23H30F2O5. The summed E-state index contributed by atoms with van der Waals surface area (Å²) in [7, 11) is 0. The van der Waals surface area contributed by atoms with Gasteiger partial charge in [-0.05, 0) is 56.1 Å². The molecule has 0 bridgehead atoms. The molecule has 4 N–H and O–H groups in total. The number of carbonyl (C=O) groups is 1. The van der Waals surface area contributed by atoms with Crippen molar-refractivity contribution in [3.63, 3.8) is 0 Å². The molecule has 0 spiro atoms. The van der Waals surface area contributed by atoms with Crippen molar-refractivity contribution in [3.8, 4) is 11.8 Å². The Morgan fingerprint density at radius 2 is 1.73 bits per heavy atom. The van der Waals surface area contributed by atoms with Gasteiger partial charge in [0.25, 0.3) is 0 Å². The van der Waals surface area contributed by atoms with Crippen molar-refractivity contribution in [2.45, 2.75) is 76.1 Å². The first-order chi connectivity index (χ1) is 14.3. The lowest BCUT2D eigenvalue weighted by Crippen LogP contribution is -2.23. The van der Waals surface area contributed by atoms with Gasteiger partial charge in [-0.1, -0.05) is 37.2 Å². The molecule has 7 heteroatoms. The Morgan fingerprint density at radius 1 is 1.07 bits per heavy atom. The van der Waals surface area contributed by atoms with Crippen LogP contribution in [0.3, 0.4) is 0 Å². The summed E-state index contributed by atoms with van der Waals surface area (Å²) in [6.07, 6.45) is 2.75. The topological polar surface area (TPSA) is 98.0 Å². The van der Waals surface area contributed by atoms with Crippen molar-refractivity contribution in [1.82, 2.24) is 0 Å². The van der Waals surface area contributed by atoms with Gasteiger partial charge >= 0.3 is 5.97 Å². The Kier molecular flexibility index (Phi) is 9.70. The number of aliphatic hydroxyl groups excluding tert-OH is 3. The van der Waals surface area contributed by atoms with Gasteiger partial charge in [-0.2, -0.15) is 0 Å². The first-order valence-electron chi connectivity index (χ1n) is 10.5. The Morgan fingerprint density at radius 3 is 2.43 bits per heavy atom. The molecule has 0 amide bonds. The average Bonchev–Trinajstić information content (AvgIpc) is 2.96.